The molecule has 4 nitrogen and oxygen atoms in total. The Kier molecular flexibility index (Phi) is 4.71. The van der Waals surface area contributed by atoms with E-state index in [1.54, 1.807) is 12.1 Å². The van der Waals surface area contributed by atoms with Gasteiger partial charge in [0, 0.05) is 12.1 Å². The first kappa shape index (κ1) is 14.1. The molecule has 0 saturated heterocycles. The van der Waals surface area contributed by atoms with Gasteiger partial charge < -0.3 is 9.94 Å². The second kappa shape index (κ2) is 6.70. The molecule has 1 aromatic carbocycles. The van der Waals surface area contributed by atoms with Crippen LogP contribution in [0, 0.1) is 11.1 Å². The molecule has 1 atom stereocenters. The number of aromatic nitrogens is 1. The van der Waals surface area contributed by atoms with E-state index in [2.05, 4.69) is 0 Å². The molecule has 4 heteroatoms. The molecule has 0 aliphatic heterocycles. The monoisotopic (exact) mass is 271 g/mol. The molecule has 1 aromatic heterocycles. The van der Waals surface area contributed by atoms with Gasteiger partial charge in [-0.15, -0.1) is 0 Å². The van der Waals surface area contributed by atoms with E-state index in [-0.39, 0.29) is 11.9 Å². The van der Waals surface area contributed by atoms with E-state index in [9.17, 15) is 10.0 Å². The first-order chi connectivity index (χ1) is 9.65. The fourth-order valence-electron chi connectivity index (χ4n) is 1.89. The van der Waals surface area contributed by atoms with E-state index in [0.29, 0.717) is 13.0 Å². The Balaban J connectivity index is 1.84. The summed E-state index contributed by atoms with van der Waals surface area (Å²) in [6, 6.07) is 13.0. The first-order valence-corrected chi connectivity index (χ1v) is 6.53. The van der Waals surface area contributed by atoms with Crippen molar-refractivity contribution in [3.63, 3.8) is 0 Å². The van der Waals surface area contributed by atoms with Gasteiger partial charge in [-0.25, -0.2) is 0 Å². The number of pyridine rings is 1. The summed E-state index contributed by atoms with van der Waals surface area (Å²) in [5.74, 6) is -0.464. The Hall–Kier alpha value is -2.36. The maximum Gasteiger partial charge on any atom is 0.309 e. The third-order valence-corrected chi connectivity index (χ3v) is 3.04. The Morgan fingerprint density at radius 2 is 1.80 bits per heavy atom. The van der Waals surface area contributed by atoms with Gasteiger partial charge in [-0.3, -0.25) is 4.79 Å². The summed E-state index contributed by atoms with van der Waals surface area (Å²) < 4.78 is 6.00. The minimum atomic E-state index is -0.235. The average molecular weight is 271 g/mol. The van der Waals surface area contributed by atoms with E-state index >= 15 is 0 Å². The maximum atomic E-state index is 11.9. The van der Waals surface area contributed by atoms with Crippen molar-refractivity contribution in [2.75, 3.05) is 0 Å². The Labute approximate surface area is 118 Å². The summed E-state index contributed by atoms with van der Waals surface area (Å²) in [6.07, 6.45) is 3.42. The van der Waals surface area contributed by atoms with Crippen molar-refractivity contribution in [2.24, 2.45) is 5.92 Å². The number of esters is 1. The standard InChI is InChI=1S/C16H17NO3/c1-13(11-14-7-9-17(19)10-8-14)16(18)20-12-15-5-3-2-4-6-15/h2-10,13H,11-12H2,1H3/t13-/m0/s1. The zero-order valence-corrected chi connectivity index (χ0v) is 11.4. The van der Waals surface area contributed by atoms with Crippen LogP contribution in [0.2, 0.25) is 0 Å². The SMILES string of the molecule is C[C@@H](Cc1cc[n+]([O-])cc1)C(=O)OCc1ccccc1. The molecular weight excluding hydrogens is 254 g/mol. The lowest BCUT2D eigenvalue weighted by Crippen LogP contribution is -2.24. The van der Waals surface area contributed by atoms with Crippen molar-refractivity contribution in [3.05, 3.63) is 71.2 Å². The van der Waals surface area contributed by atoms with Crippen LogP contribution in [0.1, 0.15) is 18.1 Å². The molecule has 104 valence electrons. The lowest BCUT2D eigenvalue weighted by Gasteiger charge is -2.11. The highest BCUT2D eigenvalue weighted by molar-refractivity contribution is 5.72. The summed E-state index contributed by atoms with van der Waals surface area (Å²) in [7, 11) is 0. The second-order valence-electron chi connectivity index (χ2n) is 4.76. The highest BCUT2D eigenvalue weighted by atomic mass is 16.5. The summed E-state index contributed by atoms with van der Waals surface area (Å²) in [5.41, 5.74) is 1.92. The molecule has 0 radical (unpaired) electrons. The van der Waals surface area contributed by atoms with Crippen LogP contribution in [-0.4, -0.2) is 5.97 Å². The molecule has 0 fully saturated rings. The second-order valence-corrected chi connectivity index (χ2v) is 4.76. The fourth-order valence-corrected chi connectivity index (χ4v) is 1.89. The summed E-state index contributed by atoms with van der Waals surface area (Å²) in [6.45, 7) is 2.12. The maximum absolute atomic E-state index is 11.9. The quantitative estimate of drug-likeness (QED) is 0.476. The predicted octanol–water partition coefficient (Wildman–Crippen LogP) is 2.24. The molecule has 2 aromatic rings. The van der Waals surface area contributed by atoms with Gasteiger partial charge in [0.2, 0.25) is 0 Å². The van der Waals surface area contributed by atoms with Gasteiger partial charge >= 0.3 is 5.97 Å². The van der Waals surface area contributed by atoms with E-state index < -0.39 is 0 Å². The average Bonchev–Trinajstić information content (AvgIpc) is 2.48. The van der Waals surface area contributed by atoms with Gasteiger partial charge in [0.15, 0.2) is 12.4 Å². The zero-order valence-electron chi connectivity index (χ0n) is 11.4. The van der Waals surface area contributed by atoms with Gasteiger partial charge in [-0.2, -0.15) is 4.73 Å². The van der Waals surface area contributed by atoms with Crippen molar-refractivity contribution in [1.82, 2.24) is 0 Å². The van der Waals surface area contributed by atoms with E-state index in [0.717, 1.165) is 15.9 Å². The number of nitrogens with zero attached hydrogens (tertiary/aromatic N) is 1. The van der Waals surface area contributed by atoms with Crippen molar-refractivity contribution in [2.45, 2.75) is 20.0 Å². The molecule has 0 unspecified atom stereocenters. The molecule has 0 spiro atoms. The van der Waals surface area contributed by atoms with E-state index in [1.807, 2.05) is 37.3 Å². The normalized spacial score (nSPS) is 11.8. The van der Waals surface area contributed by atoms with Crippen LogP contribution in [0.25, 0.3) is 0 Å². The van der Waals surface area contributed by atoms with Crippen molar-refractivity contribution in [1.29, 1.82) is 0 Å². The van der Waals surface area contributed by atoms with Crippen LogP contribution in [0.4, 0.5) is 0 Å². The number of carbonyl (C=O) groups excluding carboxylic acids is 1. The number of hydrogen-bond acceptors (Lipinski definition) is 3. The molecule has 0 bridgehead atoms. The molecule has 0 saturated carbocycles. The smallest absolute Gasteiger partial charge is 0.309 e. The number of ether oxygens (including phenoxy) is 1. The molecule has 20 heavy (non-hydrogen) atoms. The van der Waals surface area contributed by atoms with E-state index in [1.165, 1.54) is 12.4 Å². The summed E-state index contributed by atoms with van der Waals surface area (Å²) >= 11 is 0. The highest BCUT2D eigenvalue weighted by Gasteiger charge is 2.15. The van der Waals surface area contributed by atoms with Crippen LogP contribution < -0.4 is 4.73 Å². The van der Waals surface area contributed by atoms with Gasteiger partial charge in [0.1, 0.15) is 6.61 Å². The van der Waals surface area contributed by atoms with Gasteiger partial charge in [-0.1, -0.05) is 37.3 Å². The fraction of sp³-hybridized carbons (Fsp3) is 0.250. The minimum absolute atomic E-state index is 0.229. The van der Waals surface area contributed by atoms with Gasteiger partial charge in [0.05, 0.1) is 5.92 Å². The third-order valence-electron chi connectivity index (χ3n) is 3.04. The summed E-state index contributed by atoms with van der Waals surface area (Å²) in [5, 5.41) is 10.9. The number of benzene rings is 1. The van der Waals surface area contributed by atoms with E-state index in [4.69, 9.17) is 4.74 Å². The van der Waals surface area contributed by atoms with Crippen LogP contribution in [0.3, 0.4) is 0 Å². The van der Waals surface area contributed by atoms with Crippen LogP contribution >= 0.6 is 0 Å². The Morgan fingerprint density at radius 3 is 2.45 bits per heavy atom. The third kappa shape index (κ3) is 4.09. The van der Waals surface area contributed by atoms with Gasteiger partial charge in [-0.05, 0) is 17.5 Å². The molecule has 0 aliphatic carbocycles. The molecule has 0 N–H and O–H groups in total. The molecular formula is C16H17NO3. The van der Waals surface area contributed by atoms with Crippen LogP contribution in [0.15, 0.2) is 54.9 Å². The largest absolute Gasteiger partial charge is 0.619 e. The molecule has 0 amide bonds. The van der Waals surface area contributed by atoms with Crippen molar-refractivity contribution >= 4 is 5.97 Å². The lowest BCUT2D eigenvalue weighted by atomic mass is 10.0. The van der Waals surface area contributed by atoms with Gasteiger partial charge in [0.25, 0.3) is 0 Å². The van der Waals surface area contributed by atoms with Crippen LogP contribution in [0.5, 0.6) is 0 Å². The molecule has 0 aliphatic rings. The highest BCUT2D eigenvalue weighted by Crippen LogP contribution is 2.10. The molecule has 2 rings (SSSR count). The number of rotatable bonds is 5. The predicted molar refractivity (Wildman–Crippen MR) is 74.5 cm³/mol. The number of carbonyl (C=O) groups is 1. The van der Waals surface area contributed by atoms with Crippen molar-refractivity contribution in [3.8, 4) is 0 Å². The first-order valence-electron chi connectivity index (χ1n) is 6.53. The Morgan fingerprint density at radius 1 is 1.15 bits per heavy atom. The summed E-state index contributed by atoms with van der Waals surface area (Å²) in [4.78, 5) is 11.9. The zero-order chi connectivity index (χ0) is 14.4. The molecule has 1 heterocycles. The minimum Gasteiger partial charge on any atom is -0.619 e. The topological polar surface area (TPSA) is 53.2 Å². The lowest BCUT2D eigenvalue weighted by molar-refractivity contribution is -0.605. The van der Waals surface area contributed by atoms with Crippen molar-refractivity contribution < 1.29 is 14.3 Å². The van der Waals surface area contributed by atoms with Crippen LogP contribution in [-0.2, 0) is 22.6 Å². The number of hydrogen-bond donors (Lipinski definition) is 0. The Bertz CT molecular complexity index is 552.